The molecule has 29 heavy (non-hydrogen) atoms. The highest BCUT2D eigenvalue weighted by Crippen LogP contribution is 2.50. The quantitative estimate of drug-likeness (QED) is 0.787. The molecule has 1 spiro atoms. The van der Waals surface area contributed by atoms with Gasteiger partial charge in [0.05, 0.1) is 17.2 Å². The van der Waals surface area contributed by atoms with Gasteiger partial charge in [-0.15, -0.1) is 0 Å². The van der Waals surface area contributed by atoms with Gasteiger partial charge in [-0.25, -0.2) is 9.78 Å². The maximum absolute atomic E-state index is 13.0. The molecule has 1 saturated carbocycles. The molecular weight excluding hydrogens is 370 g/mol. The van der Waals surface area contributed by atoms with Gasteiger partial charge in [-0.1, -0.05) is 0 Å². The fourth-order valence-corrected chi connectivity index (χ4v) is 4.74. The van der Waals surface area contributed by atoms with Crippen molar-refractivity contribution in [2.24, 2.45) is 5.41 Å². The van der Waals surface area contributed by atoms with Gasteiger partial charge in [-0.2, -0.15) is 0 Å². The number of phenols is 1. The van der Waals surface area contributed by atoms with Gasteiger partial charge < -0.3 is 14.7 Å². The Kier molecular flexibility index (Phi) is 4.79. The first-order valence-corrected chi connectivity index (χ1v) is 10.3. The van der Waals surface area contributed by atoms with Crippen LogP contribution in [0.3, 0.4) is 0 Å². The molecule has 1 aromatic heterocycles. The van der Waals surface area contributed by atoms with Crippen molar-refractivity contribution >= 4 is 17.0 Å². The van der Waals surface area contributed by atoms with E-state index in [0.717, 1.165) is 32.1 Å². The average Bonchev–Trinajstić information content (AvgIpc) is 3.05. The highest BCUT2D eigenvalue weighted by Gasteiger charge is 2.43. The molecule has 0 radical (unpaired) electrons. The second-order valence-electron chi connectivity index (χ2n) is 9.52. The van der Waals surface area contributed by atoms with Crippen molar-refractivity contribution in [3.05, 3.63) is 34.9 Å². The van der Waals surface area contributed by atoms with E-state index >= 15 is 0 Å². The third kappa shape index (κ3) is 3.95. The molecule has 1 saturated heterocycles. The summed E-state index contributed by atoms with van der Waals surface area (Å²) in [5, 5.41) is 10.2. The molecule has 7 heteroatoms. The van der Waals surface area contributed by atoms with Crippen molar-refractivity contribution < 1.29 is 14.6 Å². The molecule has 156 valence electrons. The predicted octanol–water partition coefficient (Wildman–Crippen LogP) is 3.84. The van der Waals surface area contributed by atoms with E-state index in [-0.39, 0.29) is 28.9 Å². The van der Waals surface area contributed by atoms with Crippen molar-refractivity contribution in [1.29, 1.82) is 0 Å². The number of aromatic hydroxyl groups is 1. The molecule has 2 aromatic rings. The number of likely N-dealkylation sites (tertiary alicyclic amines) is 1. The van der Waals surface area contributed by atoms with Gasteiger partial charge in [0, 0.05) is 19.1 Å². The Morgan fingerprint density at radius 1 is 1.24 bits per heavy atom. The number of carbonyl (C=O) groups excluding carboxylic acids is 1. The maximum Gasteiger partial charge on any atom is 0.410 e. The summed E-state index contributed by atoms with van der Waals surface area (Å²) >= 11 is 0. The molecule has 4 rings (SSSR count). The predicted molar refractivity (Wildman–Crippen MR) is 110 cm³/mol. The van der Waals surface area contributed by atoms with Crippen LogP contribution in [0.5, 0.6) is 5.75 Å². The van der Waals surface area contributed by atoms with E-state index in [1.807, 2.05) is 20.8 Å². The average molecular weight is 399 g/mol. The Morgan fingerprint density at radius 2 is 1.97 bits per heavy atom. The number of benzene rings is 1. The molecular formula is C22H29N3O4. The number of hydrogen-bond donors (Lipinski definition) is 1. The van der Waals surface area contributed by atoms with Gasteiger partial charge in [0.15, 0.2) is 0 Å². The number of fused-ring (bicyclic) bond motifs is 1. The molecule has 1 N–H and O–H groups in total. The zero-order valence-corrected chi connectivity index (χ0v) is 17.4. The Hall–Kier alpha value is -2.57. The lowest BCUT2D eigenvalue weighted by Crippen LogP contribution is -2.44. The Bertz CT molecular complexity index is 984. The zero-order valence-electron chi connectivity index (χ0n) is 17.4. The first kappa shape index (κ1) is 19.7. The topological polar surface area (TPSA) is 84.7 Å². The summed E-state index contributed by atoms with van der Waals surface area (Å²) < 4.78 is 7.23. The number of amides is 1. The van der Waals surface area contributed by atoms with E-state index in [4.69, 9.17) is 4.74 Å². The molecule has 1 aliphatic carbocycles. The van der Waals surface area contributed by atoms with Crippen molar-refractivity contribution in [2.75, 3.05) is 13.1 Å². The Morgan fingerprint density at radius 3 is 2.66 bits per heavy atom. The first-order valence-electron chi connectivity index (χ1n) is 10.3. The van der Waals surface area contributed by atoms with Crippen LogP contribution in [0, 0.1) is 5.41 Å². The number of nitrogens with zero attached hydrogens (tertiary/aromatic N) is 3. The largest absolute Gasteiger partial charge is 0.508 e. The van der Waals surface area contributed by atoms with Crippen LogP contribution in [-0.4, -0.2) is 44.3 Å². The standard InChI is InChI=1S/C22H29N3O4/c1-21(2,3)29-20(28)24-10-8-22(9-11-24)7-6-15(13-22)25-14-23-18-5-4-16(26)12-17(18)19(25)27/h4-5,12,14-15,26H,6-11,13H2,1-3H3/t15-/m1/s1. The minimum absolute atomic E-state index is 0.0755. The number of carbonyl (C=O) groups is 1. The number of phenolic OH excluding ortho intramolecular Hbond substituents is 1. The highest BCUT2D eigenvalue weighted by atomic mass is 16.6. The second-order valence-corrected chi connectivity index (χ2v) is 9.52. The maximum atomic E-state index is 13.0. The second kappa shape index (κ2) is 7.04. The van der Waals surface area contributed by atoms with E-state index in [0.29, 0.717) is 24.0 Å². The monoisotopic (exact) mass is 399 g/mol. The molecule has 1 aromatic carbocycles. The smallest absolute Gasteiger partial charge is 0.410 e. The van der Waals surface area contributed by atoms with Crippen molar-refractivity contribution in [3.63, 3.8) is 0 Å². The molecule has 1 amide bonds. The molecule has 2 heterocycles. The highest BCUT2D eigenvalue weighted by molar-refractivity contribution is 5.78. The summed E-state index contributed by atoms with van der Waals surface area (Å²) in [5.41, 5.74) is 0.182. The third-order valence-electron chi connectivity index (χ3n) is 6.31. The minimum atomic E-state index is -0.483. The fraction of sp³-hybridized carbons (Fsp3) is 0.591. The van der Waals surface area contributed by atoms with Crippen LogP contribution in [0.2, 0.25) is 0 Å². The van der Waals surface area contributed by atoms with Crippen LogP contribution in [0.25, 0.3) is 10.9 Å². The Balaban J connectivity index is 1.46. The van der Waals surface area contributed by atoms with Crippen LogP contribution in [0.15, 0.2) is 29.3 Å². The molecule has 1 atom stereocenters. The van der Waals surface area contributed by atoms with E-state index < -0.39 is 5.60 Å². The molecule has 1 aliphatic heterocycles. The van der Waals surface area contributed by atoms with Gasteiger partial charge in [-0.05, 0) is 76.5 Å². The summed E-state index contributed by atoms with van der Waals surface area (Å²) in [7, 11) is 0. The fourth-order valence-electron chi connectivity index (χ4n) is 4.74. The van der Waals surface area contributed by atoms with Gasteiger partial charge in [-0.3, -0.25) is 9.36 Å². The number of hydrogen-bond acceptors (Lipinski definition) is 5. The van der Waals surface area contributed by atoms with Crippen LogP contribution in [0.1, 0.15) is 58.9 Å². The van der Waals surface area contributed by atoms with Gasteiger partial charge in [0.25, 0.3) is 5.56 Å². The summed E-state index contributed by atoms with van der Waals surface area (Å²) in [6.07, 6.45) is 6.15. The number of ether oxygens (including phenoxy) is 1. The summed E-state index contributed by atoms with van der Waals surface area (Å²) in [6, 6.07) is 4.81. The zero-order chi connectivity index (χ0) is 20.8. The first-order chi connectivity index (χ1) is 13.7. The van der Waals surface area contributed by atoms with E-state index in [2.05, 4.69) is 4.98 Å². The number of piperidine rings is 1. The molecule has 2 fully saturated rings. The lowest BCUT2D eigenvalue weighted by Gasteiger charge is -2.40. The normalized spacial score (nSPS) is 21.6. The van der Waals surface area contributed by atoms with Crippen molar-refractivity contribution in [1.82, 2.24) is 14.5 Å². The van der Waals surface area contributed by atoms with E-state index in [1.165, 1.54) is 6.07 Å². The summed E-state index contributed by atoms with van der Waals surface area (Å²) in [6.45, 7) is 7.04. The van der Waals surface area contributed by atoms with Crippen LogP contribution in [0.4, 0.5) is 4.79 Å². The number of aromatic nitrogens is 2. The van der Waals surface area contributed by atoms with Crippen LogP contribution < -0.4 is 5.56 Å². The molecule has 7 nitrogen and oxygen atoms in total. The van der Waals surface area contributed by atoms with Crippen LogP contribution >= 0.6 is 0 Å². The minimum Gasteiger partial charge on any atom is -0.508 e. The third-order valence-corrected chi connectivity index (χ3v) is 6.31. The van der Waals surface area contributed by atoms with Crippen LogP contribution in [-0.2, 0) is 4.74 Å². The lowest BCUT2D eigenvalue weighted by molar-refractivity contribution is 0.0103. The Labute approximate surface area is 170 Å². The summed E-state index contributed by atoms with van der Waals surface area (Å²) in [5.74, 6) is 0.0755. The molecule has 0 bridgehead atoms. The van der Waals surface area contributed by atoms with Gasteiger partial charge >= 0.3 is 6.09 Å². The molecule has 2 aliphatic rings. The molecule has 0 unspecified atom stereocenters. The lowest BCUT2D eigenvalue weighted by atomic mass is 9.77. The van der Waals surface area contributed by atoms with Gasteiger partial charge in [0.1, 0.15) is 11.4 Å². The summed E-state index contributed by atoms with van der Waals surface area (Å²) in [4.78, 5) is 31.5. The van der Waals surface area contributed by atoms with Gasteiger partial charge in [0.2, 0.25) is 0 Å². The van der Waals surface area contributed by atoms with Crippen molar-refractivity contribution in [3.8, 4) is 5.75 Å². The van der Waals surface area contributed by atoms with Crippen molar-refractivity contribution in [2.45, 2.75) is 64.5 Å². The van der Waals surface area contributed by atoms with E-state index in [1.54, 1.807) is 27.9 Å². The number of rotatable bonds is 1. The SMILES string of the molecule is CC(C)(C)OC(=O)N1CCC2(CC[C@@H](n3cnc4ccc(O)cc4c3=O)C2)CC1. The van der Waals surface area contributed by atoms with E-state index in [9.17, 15) is 14.7 Å².